The van der Waals surface area contributed by atoms with Crippen LogP contribution in [0.2, 0.25) is 0 Å². The zero-order valence-electron chi connectivity index (χ0n) is 12.9. The van der Waals surface area contributed by atoms with Crippen molar-refractivity contribution in [3.05, 3.63) is 35.9 Å². The van der Waals surface area contributed by atoms with E-state index in [0.29, 0.717) is 6.42 Å². The van der Waals surface area contributed by atoms with Crippen LogP contribution in [-0.4, -0.2) is 18.9 Å². The number of rotatable bonds is 4. The normalized spacial score (nSPS) is 16.2. The van der Waals surface area contributed by atoms with Gasteiger partial charge in [0.2, 0.25) is 0 Å². The molecule has 0 saturated carbocycles. The topological polar surface area (TPSA) is 20.3 Å². The molecule has 0 N–H and O–H groups in total. The number of allylic oxidation sites excluding steroid dienone is 1. The molecule has 1 aromatic rings. The molecule has 1 fully saturated rings. The second-order valence-corrected chi connectivity index (χ2v) is 5.93. The minimum absolute atomic E-state index is 0.220. The molecule has 2 heteroatoms. The van der Waals surface area contributed by atoms with Crippen molar-refractivity contribution < 1.29 is 4.79 Å². The third-order valence-electron chi connectivity index (χ3n) is 4.23. The van der Waals surface area contributed by atoms with Crippen molar-refractivity contribution in [3.63, 3.8) is 0 Å². The molecule has 0 bridgehead atoms. The first kappa shape index (κ1) is 14.8. The first-order valence-electron chi connectivity index (χ1n) is 7.61. The van der Waals surface area contributed by atoms with Gasteiger partial charge in [0.15, 0.2) is 5.78 Å². The van der Waals surface area contributed by atoms with Crippen molar-refractivity contribution in [1.29, 1.82) is 0 Å². The van der Waals surface area contributed by atoms with Crippen LogP contribution in [-0.2, 0) is 0 Å². The molecule has 0 amide bonds. The number of anilines is 1. The first-order chi connectivity index (χ1) is 9.54. The Morgan fingerprint density at radius 2 is 2.00 bits per heavy atom. The lowest BCUT2D eigenvalue weighted by Crippen LogP contribution is -2.34. The lowest BCUT2D eigenvalue weighted by atomic mass is 9.93. The Morgan fingerprint density at radius 3 is 2.55 bits per heavy atom. The molecule has 1 heterocycles. The van der Waals surface area contributed by atoms with Crippen molar-refractivity contribution >= 4 is 17.0 Å². The summed E-state index contributed by atoms with van der Waals surface area (Å²) in [6.07, 6.45) is 2.95. The third-order valence-corrected chi connectivity index (χ3v) is 4.23. The maximum absolute atomic E-state index is 12.4. The van der Waals surface area contributed by atoms with Crippen LogP contribution in [0.5, 0.6) is 0 Å². The molecule has 0 aliphatic carbocycles. The minimum atomic E-state index is 0.220. The van der Waals surface area contributed by atoms with Crippen LogP contribution in [0.15, 0.2) is 24.8 Å². The minimum Gasteiger partial charge on any atom is -0.371 e. The summed E-state index contributed by atoms with van der Waals surface area (Å²) in [5.74, 6) is 1.01. The van der Waals surface area contributed by atoms with Crippen molar-refractivity contribution in [1.82, 2.24) is 0 Å². The molecule has 0 spiro atoms. The Morgan fingerprint density at radius 1 is 1.35 bits per heavy atom. The van der Waals surface area contributed by atoms with Crippen LogP contribution < -0.4 is 4.90 Å². The number of piperidine rings is 1. The fourth-order valence-corrected chi connectivity index (χ4v) is 2.88. The number of hydrogen-bond acceptors (Lipinski definition) is 2. The predicted octanol–water partition coefficient (Wildman–Crippen LogP) is 4.55. The van der Waals surface area contributed by atoms with Gasteiger partial charge in [-0.2, -0.15) is 0 Å². The lowest BCUT2D eigenvalue weighted by Gasteiger charge is -2.34. The summed E-state index contributed by atoms with van der Waals surface area (Å²) in [5.41, 5.74) is 3.95. The van der Waals surface area contributed by atoms with Crippen LogP contribution >= 0.6 is 0 Å². The summed E-state index contributed by atoms with van der Waals surface area (Å²) in [6, 6.07) is 6.15. The summed E-state index contributed by atoms with van der Waals surface area (Å²) in [6.45, 7) is 12.3. The molecule has 2 nitrogen and oxygen atoms in total. The van der Waals surface area contributed by atoms with Gasteiger partial charge in [0.1, 0.15) is 0 Å². The van der Waals surface area contributed by atoms with Gasteiger partial charge in [-0.25, -0.2) is 0 Å². The molecule has 0 atom stereocenters. The summed E-state index contributed by atoms with van der Waals surface area (Å²) in [7, 11) is 0. The predicted molar refractivity (Wildman–Crippen MR) is 86.4 cm³/mol. The summed E-state index contributed by atoms with van der Waals surface area (Å²) < 4.78 is 0. The number of carbonyl (C=O) groups is 1. The SMILES string of the molecule is C=C(C)c1cccc(N2CCC(C)CC2)c1C(=O)CC. The largest absolute Gasteiger partial charge is 0.371 e. The van der Waals surface area contributed by atoms with Gasteiger partial charge in [-0.3, -0.25) is 4.79 Å². The van der Waals surface area contributed by atoms with Crippen molar-refractivity contribution in [2.45, 2.75) is 40.0 Å². The Bertz CT molecular complexity index is 510. The summed E-state index contributed by atoms with van der Waals surface area (Å²) in [5, 5.41) is 0. The first-order valence-corrected chi connectivity index (χ1v) is 7.61. The lowest BCUT2D eigenvalue weighted by molar-refractivity contribution is 0.0988. The zero-order chi connectivity index (χ0) is 14.7. The van der Waals surface area contributed by atoms with E-state index >= 15 is 0 Å². The number of benzene rings is 1. The summed E-state index contributed by atoms with van der Waals surface area (Å²) >= 11 is 0. The highest BCUT2D eigenvalue weighted by atomic mass is 16.1. The standard InChI is InChI=1S/C18H25NO/c1-5-17(20)18-15(13(2)3)7-6-8-16(18)19-11-9-14(4)10-12-19/h6-8,14H,2,5,9-12H2,1,3-4H3. The van der Waals surface area contributed by atoms with E-state index in [0.717, 1.165) is 41.4 Å². The number of nitrogens with zero attached hydrogens (tertiary/aromatic N) is 1. The van der Waals surface area contributed by atoms with Crippen LogP contribution in [0, 0.1) is 5.92 Å². The molecular weight excluding hydrogens is 246 g/mol. The zero-order valence-corrected chi connectivity index (χ0v) is 12.9. The molecule has 1 aliphatic rings. The molecule has 0 aromatic heterocycles. The second kappa shape index (κ2) is 6.25. The Hall–Kier alpha value is -1.57. The smallest absolute Gasteiger partial charge is 0.165 e. The van der Waals surface area contributed by atoms with Crippen molar-refractivity contribution in [3.8, 4) is 0 Å². The van der Waals surface area contributed by atoms with E-state index in [1.54, 1.807) is 0 Å². The molecule has 1 saturated heterocycles. The Kier molecular flexibility index (Phi) is 4.64. The van der Waals surface area contributed by atoms with E-state index in [-0.39, 0.29) is 5.78 Å². The molecule has 0 radical (unpaired) electrons. The van der Waals surface area contributed by atoms with Gasteiger partial charge in [-0.05, 0) is 37.3 Å². The van der Waals surface area contributed by atoms with Crippen LogP contribution in [0.1, 0.15) is 56.0 Å². The van der Waals surface area contributed by atoms with Gasteiger partial charge in [-0.15, -0.1) is 0 Å². The number of hydrogen-bond donors (Lipinski definition) is 0. The average Bonchev–Trinajstić information content (AvgIpc) is 2.46. The number of Topliss-reactive ketones (excluding diaryl/α,β-unsaturated/α-hetero) is 1. The quantitative estimate of drug-likeness (QED) is 0.749. The van der Waals surface area contributed by atoms with Crippen LogP contribution in [0.3, 0.4) is 0 Å². The fraction of sp³-hybridized carbons (Fsp3) is 0.500. The van der Waals surface area contributed by atoms with E-state index in [9.17, 15) is 4.79 Å². The van der Waals surface area contributed by atoms with Crippen molar-refractivity contribution in [2.24, 2.45) is 5.92 Å². The van der Waals surface area contributed by atoms with E-state index < -0.39 is 0 Å². The van der Waals surface area contributed by atoms with Gasteiger partial charge in [0.05, 0.1) is 0 Å². The fourth-order valence-electron chi connectivity index (χ4n) is 2.88. The molecule has 2 rings (SSSR count). The maximum atomic E-state index is 12.4. The monoisotopic (exact) mass is 271 g/mol. The van der Waals surface area contributed by atoms with Gasteiger partial charge < -0.3 is 4.90 Å². The van der Waals surface area contributed by atoms with Gasteiger partial charge in [-0.1, -0.05) is 38.1 Å². The highest BCUT2D eigenvalue weighted by molar-refractivity contribution is 6.05. The number of ketones is 1. The van der Waals surface area contributed by atoms with E-state index in [1.165, 1.54) is 12.8 Å². The van der Waals surface area contributed by atoms with E-state index in [1.807, 2.05) is 26.0 Å². The third kappa shape index (κ3) is 2.95. The molecule has 0 unspecified atom stereocenters. The van der Waals surface area contributed by atoms with Gasteiger partial charge >= 0.3 is 0 Å². The Labute approximate surface area is 122 Å². The second-order valence-electron chi connectivity index (χ2n) is 5.93. The Balaban J connectivity index is 2.44. The molecule has 20 heavy (non-hydrogen) atoms. The van der Waals surface area contributed by atoms with Crippen LogP contribution in [0.4, 0.5) is 5.69 Å². The van der Waals surface area contributed by atoms with Crippen molar-refractivity contribution in [2.75, 3.05) is 18.0 Å². The van der Waals surface area contributed by atoms with E-state index in [4.69, 9.17) is 0 Å². The molecule has 1 aliphatic heterocycles. The molecular formula is C18H25NO. The van der Waals surface area contributed by atoms with E-state index in [2.05, 4.69) is 24.5 Å². The number of carbonyl (C=O) groups excluding carboxylic acids is 1. The molecule has 1 aromatic carbocycles. The van der Waals surface area contributed by atoms with Crippen LogP contribution in [0.25, 0.3) is 5.57 Å². The average molecular weight is 271 g/mol. The maximum Gasteiger partial charge on any atom is 0.165 e. The highest BCUT2D eigenvalue weighted by Gasteiger charge is 2.22. The highest BCUT2D eigenvalue weighted by Crippen LogP contribution is 2.31. The molecule has 108 valence electrons. The van der Waals surface area contributed by atoms with Gasteiger partial charge in [0.25, 0.3) is 0 Å². The van der Waals surface area contributed by atoms with Gasteiger partial charge in [0, 0.05) is 30.8 Å². The summed E-state index contributed by atoms with van der Waals surface area (Å²) in [4.78, 5) is 14.8.